The summed E-state index contributed by atoms with van der Waals surface area (Å²) in [4.78, 5) is 3.92. The van der Waals surface area contributed by atoms with Crippen LogP contribution < -0.4 is 0 Å². The van der Waals surface area contributed by atoms with Gasteiger partial charge in [-0.3, -0.25) is 4.57 Å². The lowest BCUT2D eigenvalue weighted by molar-refractivity contribution is -0.137. The van der Waals surface area contributed by atoms with Gasteiger partial charge in [0, 0.05) is 24.4 Å². The van der Waals surface area contributed by atoms with Crippen molar-refractivity contribution < 1.29 is 18.3 Å². The van der Waals surface area contributed by atoms with E-state index < -0.39 is 11.7 Å². The molecule has 0 spiro atoms. The molecular weight excluding hydrogens is 341 g/mol. The lowest BCUT2D eigenvalue weighted by Crippen LogP contribution is -2.07. The van der Waals surface area contributed by atoms with Gasteiger partial charge in [-0.15, -0.1) is 0 Å². The quantitative estimate of drug-likeness (QED) is 0.742. The third-order valence-corrected chi connectivity index (χ3v) is 4.05. The average molecular weight is 355 g/mol. The molecule has 0 bridgehead atoms. The molecule has 0 fully saturated rings. The Bertz CT molecular complexity index is 874. The molecule has 0 saturated carbocycles. The Balaban J connectivity index is 2.13. The minimum absolute atomic E-state index is 0.0682. The fraction of sp³-hybridized carbons (Fsp3) is 0.235. The van der Waals surface area contributed by atoms with Gasteiger partial charge in [-0.05, 0) is 30.5 Å². The molecule has 24 heavy (non-hydrogen) atoms. The summed E-state index contributed by atoms with van der Waals surface area (Å²) in [5, 5.41) is 9.92. The number of pyridine rings is 1. The number of alkyl halides is 3. The van der Waals surface area contributed by atoms with E-state index in [1.807, 2.05) is 30.5 Å². The number of fused-ring (bicyclic) bond motifs is 1. The summed E-state index contributed by atoms with van der Waals surface area (Å²) in [6, 6.07) is 8.39. The van der Waals surface area contributed by atoms with E-state index in [0.29, 0.717) is 12.8 Å². The molecule has 0 aliphatic rings. The molecule has 0 aliphatic carbocycles. The topological polar surface area (TPSA) is 38.0 Å². The van der Waals surface area contributed by atoms with E-state index in [-0.39, 0.29) is 17.4 Å². The minimum atomic E-state index is -4.49. The smallest absolute Gasteiger partial charge is 0.396 e. The molecule has 0 unspecified atom stereocenters. The fourth-order valence-corrected chi connectivity index (χ4v) is 2.91. The van der Waals surface area contributed by atoms with Crippen molar-refractivity contribution in [3.63, 3.8) is 0 Å². The predicted molar refractivity (Wildman–Crippen MR) is 86.5 cm³/mol. The number of halogens is 4. The maximum absolute atomic E-state index is 12.8. The first-order valence-electron chi connectivity index (χ1n) is 7.34. The molecule has 1 aromatic carbocycles. The van der Waals surface area contributed by atoms with Crippen LogP contribution in [0.1, 0.15) is 17.5 Å². The van der Waals surface area contributed by atoms with Crippen molar-refractivity contribution in [1.82, 2.24) is 9.55 Å². The van der Waals surface area contributed by atoms with Crippen LogP contribution in [0.25, 0.3) is 16.7 Å². The monoisotopic (exact) mass is 354 g/mol. The average Bonchev–Trinajstić information content (AvgIpc) is 2.91. The highest BCUT2D eigenvalue weighted by Gasteiger charge is 2.31. The number of nitrogens with zero attached hydrogens (tertiary/aromatic N) is 2. The Hall–Kier alpha value is -2.05. The molecule has 2 heterocycles. The number of aliphatic hydroxyl groups is 1. The molecule has 0 atom stereocenters. The van der Waals surface area contributed by atoms with Gasteiger partial charge in [-0.2, -0.15) is 13.2 Å². The van der Waals surface area contributed by atoms with Gasteiger partial charge in [0.25, 0.3) is 0 Å². The second kappa shape index (κ2) is 6.45. The summed E-state index contributed by atoms with van der Waals surface area (Å²) in [7, 11) is 0. The van der Waals surface area contributed by atoms with Crippen LogP contribution >= 0.6 is 11.6 Å². The van der Waals surface area contributed by atoms with Crippen LogP contribution in [0.4, 0.5) is 13.2 Å². The first kappa shape index (κ1) is 16.8. The maximum Gasteiger partial charge on any atom is 0.417 e. The molecule has 0 saturated heterocycles. The van der Waals surface area contributed by atoms with E-state index in [1.54, 1.807) is 4.57 Å². The van der Waals surface area contributed by atoms with Crippen LogP contribution in [0, 0.1) is 0 Å². The first-order chi connectivity index (χ1) is 11.4. The molecule has 2 aromatic heterocycles. The zero-order chi connectivity index (χ0) is 17.3. The molecule has 0 radical (unpaired) electrons. The van der Waals surface area contributed by atoms with Gasteiger partial charge in [0.1, 0.15) is 0 Å². The van der Waals surface area contributed by atoms with Crippen molar-refractivity contribution in [2.24, 2.45) is 0 Å². The lowest BCUT2D eigenvalue weighted by atomic mass is 10.1. The third kappa shape index (κ3) is 3.12. The Morgan fingerprint density at radius 2 is 1.96 bits per heavy atom. The molecule has 0 aliphatic heterocycles. The second-order valence-electron chi connectivity index (χ2n) is 5.40. The van der Waals surface area contributed by atoms with E-state index in [9.17, 15) is 13.2 Å². The zero-order valence-electron chi connectivity index (χ0n) is 12.5. The highest BCUT2D eigenvalue weighted by molar-refractivity contribution is 6.32. The van der Waals surface area contributed by atoms with E-state index in [1.165, 1.54) is 0 Å². The fourth-order valence-electron chi connectivity index (χ4n) is 2.66. The van der Waals surface area contributed by atoms with E-state index in [0.717, 1.165) is 28.7 Å². The Labute approximate surface area is 141 Å². The molecule has 3 nitrogen and oxygen atoms in total. The SMILES string of the molecule is OCCCc1cn(-c2ncc(C(F)(F)F)cc2Cl)c2ccccc12. The van der Waals surface area contributed by atoms with Crippen molar-refractivity contribution in [2.75, 3.05) is 6.61 Å². The highest BCUT2D eigenvalue weighted by atomic mass is 35.5. The van der Waals surface area contributed by atoms with E-state index >= 15 is 0 Å². The molecular formula is C17H14ClF3N2O. The van der Waals surface area contributed by atoms with Crippen molar-refractivity contribution in [2.45, 2.75) is 19.0 Å². The van der Waals surface area contributed by atoms with Gasteiger partial charge >= 0.3 is 6.18 Å². The van der Waals surface area contributed by atoms with Crippen LogP contribution in [0.3, 0.4) is 0 Å². The van der Waals surface area contributed by atoms with Gasteiger partial charge in [0.15, 0.2) is 5.82 Å². The van der Waals surface area contributed by atoms with Crippen molar-refractivity contribution >= 4 is 22.5 Å². The lowest BCUT2D eigenvalue weighted by Gasteiger charge is -2.10. The number of aromatic nitrogens is 2. The van der Waals surface area contributed by atoms with Crippen LogP contribution in [0.15, 0.2) is 42.7 Å². The summed E-state index contributed by atoms with van der Waals surface area (Å²) in [6.07, 6.45) is -0.643. The third-order valence-electron chi connectivity index (χ3n) is 3.78. The summed E-state index contributed by atoms with van der Waals surface area (Å²) in [5.74, 6) is 0.246. The summed E-state index contributed by atoms with van der Waals surface area (Å²) in [6.45, 7) is 0.0682. The molecule has 0 amide bonds. The Kier molecular flexibility index (Phi) is 4.51. The number of aryl methyl sites for hydroxylation is 1. The molecule has 1 N–H and O–H groups in total. The van der Waals surface area contributed by atoms with Crippen LogP contribution in [0.2, 0.25) is 5.02 Å². The van der Waals surface area contributed by atoms with E-state index in [2.05, 4.69) is 4.98 Å². The molecule has 3 rings (SSSR count). The number of para-hydroxylation sites is 1. The van der Waals surface area contributed by atoms with Gasteiger partial charge in [0.2, 0.25) is 0 Å². The predicted octanol–water partition coefficient (Wildman–Crippen LogP) is 4.62. The van der Waals surface area contributed by atoms with Crippen LogP contribution in [0.5, 0.6) is 0 Å². The van der Waals surface area contributed by atoms with Crippen LogP contribution in [-0.2, 0) is 12.6 Å². The second-order valence-corrected chi connectivity index (χ2v) is 5.80. The summed E-state index contributed by atoms with van der Waals surface area (Å²) in [5.41, 5.74) is 0.908. The highest BCUT2D eigenvalue weighted by Crippen LogP contribution is 2.33. The summed E-state index contributed by atoms with van der Waals surface area (Å²) < 4.78 is 40.0. The van der Waals surface area contributed by atoms with Crippen LogP contribution in [-0.4, -0.2) is 21.3 Å². The normalized spacial score (nSPS) is 12.0. The van der Waals surface area contributed by atoms with Gasteiger partial charge in [0.05, 0.1) is 16.1 Å². The molecule has 7 heteroatoms. The largest absolute Gasteiger partial charge is 0.417 e. The molecule has 3 aromatic rings. The Morgan fingerprint density at radius 3 is 2.62 bits per heavy atom. The summed E-state index contributed by atoms with van der Waals surface area (Å²) >= 11 is 6.06. The number of benzene rings is 1. The van der Waals surface area contributed by atoms with Crippen molar-refractivity contribution in [1.29, 1.82) is 0 Å². The van der Waals surface area contributed by atoms with Crippen molar-refractivity contribution in [3.8, 4) is 5.82 Å². The van der Waals surface area contributed by atoms with Gasteiger partial charge in [-0.1, -0.05) is 29.8 Å². The standard InChI is InChI=1S/C17H14ClF3N2O/c18-14-8-12(17(19,20)21)9-22-16(14)23-10-11(4-3-7-24)13-5-1-2-6-15(13)23/h1-2,5-6,8-10,24H,3-4,7H2. The number of hydrogen-bond acceptors (Lipinski definition) is 2. The van der Waals surface area contributed by atoms with Gasteiger partial charge < -0.3 is 5.11 Å². The minimum Gasteiger partial charge on any atom is -0.396 e. The Morgan fingerprint density at radius 1 is 1.21 bits per heavy atom. The van der Waals surface area contributed by atoms with Gasteiger partial charge in [-0.25, -0.2) is 4.98 Å². The molecule has 126 valence electrons. The van der Waals surface area contributed by atoms with Crippen molar-refractivity contribution in [3.05, 3.63) is 58.9 Å². The number of rotatable bonds is 4. The maximum atomic E-state index is 12.8. The number of aliphatic hydroxyl groups excluding tert-OH is 1. The number of hydrogen-bond donors (Lipinski definition) is 1. The van der Waals surface area contributed by atoms with E-state index in [4.69, 9.17) is 16.7 Å². The zero-order valence-corrected chi connectivity index (χ0v) is 13.3. The first-order valence-corrected chi connectivity index (χ1v) is 7.72.